The first-order chi connectivity index (χ1) is 9.93. The predicted octanol–water partition coefficient (Wildman–Crippen LogP) is 4.12. The van der Waals surface area contributed by atoms with Crippen molar-refractivity contribution in [3.63, 3.8) is 0 Å². The van der Waals surface area contributed by atoms with Crippen LogP contribution in [0.1, 0.15) is 31.7 Å². The van der Waals surface area contributed by atoms with E-state index in [1.54, 1.807) is 13.0 Å². The molecule has 1 aromatic rings. The van der Waals surface area contributed by atoms with Crippen LogP contribution < -0.4 is 0 Å². The number of alkyl halides is 2. The largest absolute Gasteiger partial charge is 0.463 e. The van der Waals surface area contributed by atoms with E-state index in [4.69, 9.17) is 16.3 Å². The Morgan fingerprint density at radius 3 is 2.95 bits per heavy atom. The zero-order valence-electron chi connectivity index (χ0n) is 11.6. The summed E-state index contributed by atoms with van der Waals surface area (Å²) in [6.45, 7) is 1.92. The topological polar surface area (TPSA) is 39.2 Å². The number of pyridine rings is 1. The third-order valence-corrected chi connectivity index (χ3v) is 3.79. The van der Waals surface area contributed by atoms with Crippen LogP contribution in [0.15, 0.2) is 24.5 Å². The fraction of sp³-hybridized carbons (Fsp3) is 0.467. The third kappa shape index (κ3) is 4.00. The summed E-state index contributed by atoms with van der Waals surface area (Å²) in [7, 11) is 0. The van der Waals surface area contributed by atoms with Crippen LogP contribution in [0.4, 0.5) is 8.78 Å². The van der Waals surface area contributed by atoms with Gasteiger partial charge in [-0.25, -0.2) is 13.6 Å². The highest BCUT2D eigenvalue weighted by molar-refractivity contribution is 6.32. The van der Waals surface area contributed by atoms with Gasteiger partial charge in [-0.1, -0.05) is 11.6 Å². The molecule has 0 N–H and O–H groups in total. The van der Waals surface area contributed by atoms with Gasteiger partial charge in [-0.2, -0.15) is 0 Å². The molecule has 0 aliphatic heterocycles. The van der Waals surface area contributed by atoms with Crippen LogP contribution in [0.3, 0.4) is 0 Å². The normalized spacial score (nSPS) is 21.3. The number of ether oxygens (including phenoxy) is 1. The molecule has 6 heteroatoms. The molecule has 1 heterocycles. The van der Waals surface area contributed by atoms with Crippen molar-refractivity contribution in [1.82, 2.24) is 4.98 Å². The van der Waals surface area contributed by atoms with E-state index in [1.807, 2.05) is 0 Å². The molecule has 0 bridgehead atoms. The van der Waals surface area contributed by atoms with Crippen molar-refractivity contribution in [3.8, 4) is 0 Å². The summed E-state index contributed by atoms with van der Waals surface area (Å²) in [5, 5.41) is 0.336. The van der Waals surface area contributed by atoms with Crippen LogP contribution in [0.2, 0.25) is 5.02 Å². The standard InChI is InChI=1S/C15H16ClF2NO2/c1-2-21-14(20)7-12(10-3-5-15(17,18)8-10)11-4-6-19-9-13(11)16/h4,6-7,9-10H,2-3,5,8H2,1H3/b12-7+. The van der Waals surface area contributed by atoms with Crippen LogP contribution in [-0.2, 0) is 9.53 Å². The monoisotopic (exact) mass is 315 g/mol. The maximum atomic E-state index is 13.5. The fourth-order valence-electron chi connectivity index (χ4n) is 2.55. The minimum atomic E-state index is -2.70. The van der Waals surface area contributed by atoms with Crippen LogP contribution >= 0.6 is 11.6 Å². The number of hydrogen-bond acceptors (Lipinski definition) is 3. The number of halogens is 3. The van der Waals surface area contributed by atoms with Crippen molar-refractivity contribution in [2.45, 2.75) is 32.1 Å². The molecule has 0 saturated heterocycles. The molecular formula is C15H16ClF2NO2. The molecule has 1 aliphatic carbocycles. The lowest BCUT2D eigenvalue weighted by Gasteiger charge is -2.16. The smallest absolute Gasteiger partial charge is 0.331 e. The van der Waals surface area contributed by atoms with Crippen LogP contribution in [0, 0.1) is 5.92 Å². The van der Waals surface area contributed by atoms with Crippen LogP contribution in [0.5, 0.6) is 0 Å². The fourth-order valence-corrected chi connectivity index (χ4v) is 2.78. The van der Waals surface area contributed by atoms with Crippen molar-refractivity contribution in [2.24, 2.45) is 5.92 Å². The van der Waals surface area contributed by atoms with E-state index in [9.17, 15) is 13.6 Å². The molecule has 114 valence electrons. The summed E-state index contributed by atoms with van der Waals surface area (Å²) >= 11 is 6.09. The highest BCUT2D eigenvalue weighted by atomic mass is 35.5. The molecule has 3 nitrogen and oxygen atoms in total. The molecule has 0 spiro atoms. The summed E-state index contributed by atoms with van der Waals surface area (Å²) < 4.78 is 31.8. The lowest BCUT2D eigenvalue weighted by Crippen LogP contribution is -2.11. The Hall–Kier alpha value is -1.49. The van der Waals surface area contributed by atoms with E-state index in [-0.39, 0.29) is 19.4 Å². The highest BCUT2D eigenvalue weighted by Crippen LogP contribution is 2.45. The van der Waals surface area contributed by atoms with Gasteiger partial charge in [0.25, 0.3) is 0 Å². The number of carbonyl (C=O) groups excluding carboxylic acids is 1. The lowest BCUT2D eigenvalue weighted by molar-refractivity contribution is -0.137. The van der Waals surface area contributed by atoms with Crippen molar-refractivity contribution in [2.75, 3.05) is 6.61 Å². The van der Waals surface area contributed by atoms with Crippen molar-refractivity contribution in [3.05, 3.63) is 35.1 Å². The molecule has 0 radical (unpaired) electrons. The van der Waals surface area contributed by atoms with Crippen LogP contribution in [0.25, 0.3) is 5.57 Å². The van der Waals surface area contributed by atoms with E-state index in [0.717, 1.165) is 0 Å². The van der Waals surface area contributed by atoms with Gasteiger partial charge >= 0.3 is 5.97 Å². The number of hydrogen-bond donors (Lipinski definition) is 0. The van der Waals surface area contributed by atoms with Crippen molar-refractivity contribution >= 4 is 23.1 Å². The van der Waals surface area contributed by atoms with Crippen molar-refractivity contribution < 1.29 is 18.3 Å². The Kier molecular flexibility index (Phi) is 4.93. The summed E-state index contributed by atoms with van der Waals surface area (Å²) in [6, 6.07) is 1.63. The van der Waals surface area contributed by atoms with E-state index in [2.05, 4.69) is 4.98 Å². The first-order valence-corrected chi connectivity index (χ1v) is 7.17. The summed E-state index contributed by atoms with van der Waals surface area (Å²) in [5.74, 6) is -3.65. The van der Waals surface area contributed by atoms with Gasteiger partial charge in [-0.3, -0.25) is 4.98 Å². The number of allylic oxidation sites excluding steroid dienone is 1. The molecule has 1 aromatic heterocycles. The number of carbonyl (C=O) groups is 1. The van der Waals surface area contributed by atoms with Crippen LogP contribution in [-0.4, -0.2) is 23.5 Å². The average Bonchev–Trinajstić information content (AvgIpc) is 2.77. The molecule has 2 rings (SSSR count). The minimum Gasteiger partial charge on any atom is -0.463 e. The lowest BCUT2D eigenvalue weighted by atomic mass is 9.91. The molecule has 1 aliphatic rings. The van der Waals surface area contributed by atoms with Gasteiger partial charge in [0, 0.05) is 31.3 Å². The van der Waals surface area contributed by atoms with Crippen molar-refractivity contribution in [1.29, 1.82) is 0 Å². The number of aromatic nitrogens is 1. The number of nitrogens with zero attached hydrogens (tertiary/aromatic N) is 1. The first-order valence-electron chi connectivity index (χ1n) is 6.79. The maximum Gasteiger partial charge on any atom is 0.331 e. The second-order valence-electron chi connectivity index (χ2n) is 5.00. The maximum absolute atomic E-state index is 13.5. The summed E-state index contributed by atoms with van der Waals surface area (Å²) in [4.78, 5) is 15.6. The summed E-state index contributed by atoms with van der Waals surface area (Å²) in [5.41, 5.74) is 1.06. The van der Waals surface area contributed by atoms with Gasteiger partial charge in [-0.05, 0) is 36.5 Å². The molecule has 21 heavy (non-hydrogen) atoms. The SMILES string of the molecule is CCOC(=O)/C=C(/c1ccncc1Cl)C1CCC(F)(F)C1. The van der Waals surface area contributed by atoms with Gasteiger partial charge in [0.2, 0.25) is 5.92 Å². The third-order valence-electron chi connectivity index (χ3n) is 3.49. The molecule has 1 saturated carbocycles. The molecule has 1 fully saturated rings. The second kappa shape index (κ2) is 6.52. The molecule has 1 unspecified atom stereocenters. The Bertz CT molecular complexity index is 560. The zero-order valence-corrected chi connectivity index (χ0v) is 12.4. The Labute approximate surface area is 127 Å². The van der Waals surface area contributed by atoms with E-state index in [0.29, 0.717) is 22.6 Å². The quantitative estimate of drug-likeness (QED) is 0.620. The number of esters is 1. The van der Waals surface area contributed by atoms with Gasteiger partial charge in [0.15, 0.2) is 0 Å². The van der Waals surface area contributed by atoms with Gasteiger partial charge in [0.05, 0.1) is 11.6 Å². The average molecular weight is 316 g/mol. The highest BCUT2D eigenvalue weighted by Gasteiger charge is 2.41. The summed E-state index contributed by atoms with van der Waals surface area (Å²) in [6.07, 6.45) is 4.08. The predicted molar refractivity (Wildman–Crippen MR) is 76.1 cm³/mol. The second-order valence-corrected chi connectivity index (χ2v) is 5.41. The first kappa shape index (κ1) is 15.9. The van der Waals surface area contributed by atoms with Gasteiger partial charge < -0.3 is 4.74 Å². The zero-order chi connectivity index (χ0) is 15.5. The molecule has 1 atom stereocenters. The Morgan fingerprint density at radius 1 is 1.62 bits per heavy atom. The minimum absolute atomic E-state index is 0.180. The Morgan fingerprint density at radius 2 is 2.38 bits per heavy atom. The van der Waals surface area contributed by atoms with E-state index < -0.39 is 17.8 Å². The molecule has 0 aromatic carbocycles. The Balaban J connectivity index is 2.36. The molecular weight excluding hydrogens is 300 g/mol. The van der Waals surface area contributed by atoms with E-state index in [1.165, 1.54) is 18.5 Å². The molecule has 0 amide bonds. The van der Waals surface area contributed by atoms with E-state index >= 15 is 0 Å². The van der Waals surface area contributed by atoms with Gasteiger partial charge in [-0.15, -0.1) is 0 Å². The van der Waals surface area contributed by atoms with Gasteiger partial charge in [0.1, 0.15) is 0 Å². The number of rotatable bonds is 4.